The van der Waals surface area contributed by atoms with Crippen molar-refractivity contribution in [3.63, 3.8) is 0 Å². The fourth-order valence-corrected chi connectivity index (χ4v) is 4.10. The summed E-state index contributed by atoms with van der Waals surface area (Å²) in [6.45, 7) is 6.43. The molecule has 0 unspecified atom stereocenters. The molecule has 41 heavy (non-hydrogen) atoms. The number of carbonyl (C=O) groups is 1. The van der Waals surface area contributed by atoms with E-state index in [0.717, 1.165) is 24.8 Å². The molecule has 0 saturated carbocycles. The molecule has 1 N–H and O–H groups in total. The number of phenols is 1. The topological polar surface area (TPSA) is 92.8 Å². The van der Waals surface area contributed by atoms with Crippen molar-refractivity contribution in [2.45, 2.75) is 40.0 Å². The molecule has 0 spiro atoms. The summed E-state index contributed by atoms with van der Waals surface area (Å²) >= 11 is 5.91. The van der Waals surface area contributed by atoms with Crippen molar-refractivity contribution >= 4 is 40.8 Å². The molecular formula is C33H32ClN3O4. The van der Waals surface area contributed by atoms with E-state index in [1.165, 1.54) is 0 Å². The molecule has 0 saturated heterocycles. The number of nitrogens with zero attached hydrogens (tertiary/aromatic N) is 3. The predicted molar refractivity (Wildman–Crippen MR) is 163 cm³/mol. The molecular weight excluding hydrogens is 538 g/mol. The van der Waals surface area contributed by atoms with Crippen LogP contribution in [0.25, 0.3) is 0 Å². The van der Waals surface area contributed by atoms with Crippen LogP contribution in [0, 0.1) is 13.8 Å². The van der Waals surface area contributed by atoms with Crippen LogP contribution >= 0.6 is 11.6 Å². The van der Waals surface area contributed by atoms with Crippen molar-refractivity contribution < 1.29 is 19.4 Å². The molecule has 7 nitrogen and oxygen atoms in total. The molecule has 4 rings (SSSR count). The molecule has 0 aromatic heterocycles. The molecule has 0 amide bonds. The largest absolute Gasteiger partial charge is 0.507 e. The number of azo groups is 1. The van der Waals surface area contributed by atoms with E-state index in [1.54, 1.807) is 85.1 Å². The lowest BCUT2D eigenvalue weighted by molar-refractivity contribution is 0.0734. The fraction of sp³-hybridized carbons (Fsp3) is 0.212. The molecule has 4 aromatic rings. The summed E-state index contributed by atoms with van der Waals surface area (Å²) in [6.07, 6.45) is 4.76. The van der Waals surface area contributed by atoms with Crippen molar-refractivity contribution in [3.8, 4) is 17.2 Å². The SMILES string of the molecule is CCCCCOc1ccc(C=Nc2cccc(C(=O)Oc3ccc(N=Nc4ccc(Cl)cc4)c(C)c3)c2C)c(O)c1. The number of hydrogen-bond acceptors (Lipinski definition) is 7. The zero-order valence-electron chi connectivity index (χ0n) is 23.3. The summed E-state index contributed by atoms with van der Waals surface area (Å²) in [4.78, 5) is 17.5. The van der Waals surface area contributed by atoms with Gasteiger partial charge in [-0.25, -0.2) is 4.79 Å². The van der Waals surface area contributed by atoms with Gasteiger partial charge in [0.2, 0.25) is 0 Å². The van der Waals surface area contributed by atoms with Gasteiger partial charge < -0.3 is 14.6 Å². The van der Waals surface area contributed by atoms with Crippen molar-refractivity contribution in [1.82, 2.24) is 0 Å². The van der Waals surface area contributed by atoms with E-state index in [0.29, 0.717) is 56.9 Å². The van der Waals surface area contributed by atoms with Gasteiger partial charge in [-0.1, -0.05) is 37.4 Å². The van der Waals surface area contributed by atoms with Crippen LogP contribution < -0.4 is 9.47 Å². The van der Waals surface area contributed by atoms with Gasteiger partial charge in [0, 0.05) is 22.9 Å². The Morgan fingerprint density at radius 3 is 2.41 bits per heavy atom. The molecule has 4 aromatic carbocycles. The molecule has 0 aliphatic heterocycles. The summed E-state index contributed by atoms with van der Waals surface area (Å²) in [5, 5.41) is 19.6. The number of ether oxygens (including phenoxy) is 2. The Kier molecular flexibility index (Phi) is 10.2. The van der Waals surface area contributed by atoms with Crippen molar-refractivity contribution in [1.29, 1.82) is 0 Å². The van der Waals surface area contributed by atoms with Crippen LogP contribution in [0.5, 0.6) is 17.2 Å². The molecule has 0 atom stereocenters. The van der Waals surface area contributed by atoms with E-state index >= 15 is 0 Å². The molecule has 0 bridgehead atoms. The Morgan fingerprint density at radius 2 is 1.68 bits per heavy atom. The third-order valence-corrected chi connectivity index (χ3v) is 6.62. The third kappa shape index (κ3) is 8.25. The van der Waals surface area contributed by atoms with Crippen molar-refractivity contribution in [3.05, 3.63) is 106 Å². The lowest BCUT2D eigenvalue weighted by atomic mass is 10.1. The maximum absolute atomic E-state index is 13.0. The number of aliphatic imine (C=N–C) groups is 1. The highest BCUT2D eigenvalue weighted by atomic mass is 35.5. The number of aryl methyl sites for hydroxylation is 1. The van der Waals surface area contributed by atoms with Gasteiger partial charge >= 0.3 is 5.97 Å². The molecule has 0 aliphatic carbocycles. The van der Waals surface area contributed by atoms with Gasteiger partial charge in [0.1, 0.15) is 17.2 Å². The minimum Gasteiger partial charge on any atom is -0.507 e. The van der Waals surface area contributed by atoms with Gasteiger partial charge in [-0.3, -0.25) is 4.99 Å². The Balaban J connectivity index is 1.42. The van der Waals surface area contributed by atoms with Crippen LogP contribution in [0.2, 0.25) is 5.02 Å². The summed E-state index contributed by atoms with van der Waals surface area (Å²) in [7, 11) is 0. The summed E-state index contributed by atoms with van der Waals surface area (Å²) in [5.74, 6) is 0.584. The molecule has 0 heterocycles. The molecule has 0 aliphatic rings. The van der Waals surface area contributed by atoms with Gasteiger partial charge in [-0.2, -0.15) is 10.2 Å². The zero-order chi connectivity index (χ0) is 29.2. The van der Waals surface area contributed by atoms with E-state index in [4.69, 9.17) is 21.1 Å². The molecule has 0 fully saturated rings. The summed E-state index contributed by atoms with van der Waals surface area (Å²) in [6, 6.07) is 22.6. The smallest absolute Gasteiger partial charge is 0.343 e. The van der Waals surface area contributed by atoms with E-state index in [-0.39, 0.29) is 5.75 Å². The second-order valence-corrected chi connectivity index (χ2v) is 9.93. The van der Waals surface area contributed by atoms with E-state index in [9.17, 15) is 9.90 Å². The van der Waals surface area contributed by atoms with Crippen molar-refractivity contribution in [2.24, 2.45) is 15.2 Å². The zero-order valence-corrected chi connectivity index (χ0v) is 24.1. The van der Waals surface area contributed by atoms with E-state index in [1.807, 2.05) is 13.8 Å². The number of hydrogen-bond donors (Lipinski definition) is 1. The number of halogens is 1. The van der Waals surface area contributed by atoms with Gasteiger partial charge in [0.05, 0.1) is 29.2 Å². The minimum absolute atomic E-state index is 0.0708. The lowest BCUT2D eigenvalue weighted by Crippen LogP contribution is -2.10. The maximum Gasteiger partial charge on any atom is 0.343 e. The number of phenolic OH excluding ortho intramolecular Hbond substituents is 1. The van der Waals surface area contributed by atoms with E-state index < -0.39 is 5.97 Å². The second kappa shape index (κ2) is 14.2. The number of benzene rings is 4. The van der Waals surface area contributed by atoms with Crippen molar-refractivity contribution in [2.75, 3.05) is 6.61 Å². The average Bonchev–Trinajstić information content (AvgIpc) is 2.96. The van der Waals surface area contributed by atoms with Gasteiger partial charge in [0.25, 0.3) is 0 Å². The highest BCUT2D eigenvalue weighted by Gasteiger charge is 2.15. The first kappa shape index (κ1) is 29.5. The van der Waals surface area contributed by atoms with Crippen LogP contribution in [0.1, 0.15) is 53.2 Å². The Morgan fingerprint density at radius 1 is 0.902 bits per heavy atom. The van der Waals surface area contributed by atoms with Gasteiger partial charge in [-0.15, -0.1) is 0 Å². The number of esters is 1. The second-order valence-electron chi connectivity index (χ2n) is 9.50. The Labute approximate surface area is 245 Å². The normalized spacial score (nSPS) is 11.3. The first-order valence-electron chi connectivity index (χ1n) is 13.4. The number of carbonyl (C=O) groups excluding carboxylic acids is 1. The van der Waals surface area contributed by atoms with Crippen LogP contribution in [-0.2, 0) is 0 Å². The predicted octanol–water partition coefficient (Wildman–Crippen LogP) is 9.62. The Hall–Kier alpha value is -4.49. The van der Waals surface area contributed by atoms with Gasteiger partial charge in [0.15, 0.2) is 0 Å². The first-order valence-corrected chi connectivity index (χ1v) is 13.8. The minimum atomic E-state index is -0.498. The molecule has 210 valence electrons. The first-order chi connectivity index (χ1) is 19.8. The highest BCUT2D eigenvalue weighted by Crippen LogP contribution is 2.29. The molecule has 8 heteroatoms. The quantitative estimate of drug-likeness (QED) is 0.0639. The van der Waals surface area contributed by atoms with Crippen LogP contribution in [-0.4, -0.2) is 23.9 Å². The fourth-order valence-electron chi connectivity index (χ4n) is 3.97. The maximum atomic E-state index is 13.0. The average molecular weight is 570 g/mol. The Bertz CT molecular complexity index is 1570. The number of aromatic hydroxyl groups is 1. The number of rotatable bonds is 11. The van der Waals surface area contributed by atoms with E-state index in [2.05, 4.69) is 22.1 Å². The summed E-state index contributed by atoms with van der Waals surface area (Å²) < 4.78 is 11.4. The van der Waals surface area contributed by atoms with Crippen LogP contribution in [0.15, 0.2) is 94.1 Å². The van der Waals surface area contributed by atoms with Crippen LogP contribution in [0.3, 0.4) is 0 Å². The van der Waals surface area contributed by atoms with Crippen LogP contribution in [0.4, 0.5) is 17.1 Å². The lowest BCUT2D eigenvalue weighted by Gasteiger charge is -2.10. The number of unbranched alkanes of at least 4 members (excludes halogenated alkanes) is 2. The van der Waals surface area contributed by atoms with Gasteiger partial charge in [-0.05, 0) is 98.1 Å². The molecule has 0 radical (unpaired) electrons. The highest BCUT2D eigenvalue weighted by molar-refractivity contribution is 6.30. The summed E-state index contributed by atoms with van der Waals surface area (Å²) in [5.41, 5.74) is 4.33. The monoisotopic (exact) mass is 569 g/mol. The standard InChI is InChI=1S/C33H32ClN3O4/c1-4-5-6-18-40-27-15-10-24(32(38)20-27)21-35-31-9-7-8-29(23(31)3)33(39)41-28-16-17-30(22(2)19-28)37-36-26-13-11-25(34)12-14-26/h7-17,19-21,38H,4-6,18H2,1-3H3. The third-order valence-electron chi connectivity index (χ3n) is 6.36.